The minimum atomic E-state index is -0.0625. The Morgan fingerprint density at radius 3 is 2.41 bits per heavy atom. The van der Waals surface area contributed by atoms with Crippen LogP contribution in [0.15, 0.2) is 44.7 Å². The zero-order valence-corrected chi connectivity index (χ0v) is 12.8. The summed E-state index contributed by atoms with van der Waals surface area (Å²) >= 11 is 8.44. The predicted molar refractivity (Wildman–Crippen MR) is 79.6 cm³/mol. The second kappa shape index (κ2) is 6.00. The van der Waals surface area contributed by atoms with E-state index in [9.17, 15) is 5.11 Å². The zero-order chi connectivity index (χ0) is 12.3. The van der Waals surface area contributed by atoms with Gasteiger partial charge in [0.15, 0.2) is 0 Å². The maximum absolute atomic E-state index is 9.42. The van der Waals surface area contributed by atoms with E-state index in [4.69, 9.17) is 0 Å². The lowest BCUT2D eigenvalue weighted by molar-refractivity contribution is 0.278. The minimum absolute atomic E-state index is 0.0625. The molecule has 5 heteroatoms. The number of hydrogen-bond donors (Lipinski definition) is 2. The molecule has 0 radical (unpaired) electrons. The fourth-order valence-corrected chi connectivity index (χ4v) is 3.22. The van der Waals surface area contributed by atoms with Gasteiger partial charge < -0.3 is 10.4 Å². The van der Waals surface area contributed by atoms with Crippen molar-refractivity contribution in [2.24, 2.45) is 0 Å². The molecule has 0 aliphatic carbocycles. The molecule has 0 amide bonds. The quantitative estimate of drug-likeness (QED) is 0.827. The van der Waals surface area contributed by atoms with Crippen LogP contribution in [0.3, 0.4) is 0 Å². The number of hydrogen-bond acceptors (Lipinski definition) is 3. The van der Waals surface area contributed by atoms with E-state index in [1.165, 1.54) is 0 Å². The Morgan fingerprint density at radius 1 is 1.18 bits per heavy atom. The van der Waals surface area contributed by atoms with Crippen LogP contribution < -0.4 is 5.32 Å². The average Bonchev–Trinajstić information content (AvgIpc) is 2.75. The molecule has 0 saturated carbocycles. The number of thiophene rings is 1. The molecule has 2 N–H and O–H groups in total. The van der Waals surface area contributed by atoms with Gasteiger partial charge in [-0.05, 0) is 46.3 Å². The molecule has 0 fully saturated rings. The topological polar surface area (TPSA) is 32.3 Å². The smallest absolute Gasteiger partial charge is 0.0838 e. The van der Waals surface area contributed by atoms with Crippen LogP contribution in [0.5, 0.6) is 0 Å². The van der Waals surface area contributed by atoms with Gasteiger partial charge in [-0.25, -0.2) is 0 Å². The average molecular weight is 377 g/mol. The largest absolute Gasteiger partial charge is 0.394 e. The highest BCUT2D eigenvalue weighted by Crippen LogP contribution is 2.28. The van der Waals surface area contributed by atoms with Gasteiger partial charge in [-0.1, -0.05) is 15.9 Å². The van der Waals surface area contributed by atoms with Crippen molar-refractivity contribution in [3.8, 4) is 0 Å². The molecule has 0 bridgehead atoms. The first-order valence-electron chi connectivity index (χ1n) is 5.06. The van der Waals surface area contributed by atoms with E-state index in [1.54, 1.807) is 11.3 Å². The number of aliphatic hydroxyl groups is 1. The van der Waals surface area contributed by atoms with Gasteiger partial charge in [-0.2, -0.15) is 0 Å². The number of aliphatic hydroxyl groups excluding tert-OH is 1. The van der Waals surface area contributed by atoms with Gasteiger partial charge >= 0.3 is 0 Å². The molecule has 2 aromatic rings. The molecule has 17 heavy (non-hydrogen) atoms. The Morgan fingerprint density at radius 2 is 1.88 bits per heavy atom. The maximum atomic E-state index is 9.42. The molecule has 90 valence electrons. The molecule has 2 nitrogen and oxygen atoms in total. The molecule has 0 aliphatic heterocycles. The lowest BCUT2D eigenvalue weighted by Gasteiger charge is -2.16. The third kappa shape index (κ3) is 3.55. The van der Waals surface area contributed by atoms with E-state index in [0.717, 1.165) is 19.5 Å². The van der Waals surface area contributed by atoms with Crippen molar-refractivity contribution >= 4 is 48.9 Å². The standard InChI is InChI=1S/C12H11Br2NOS/c13-8-1-3-10(4-2-8)15-11(6-16)12-5-9(14)7-17-12/h1-5,7,11,15-16H,6H2. The van der Waals surface area contributed by atoms with Crippen molar-refractivity contribution in [2.75, 3.05) is 11.9 Å². The van der Waals surface area contributed by atoms with Gasteiger partial charge in [0.1, 0.15) is 0 Å². The Labute approximate surface area is 121 Å². The number of nitrogens with one attached hydrogen (secondary N) is 1. The van der Waals surface area contributed by atoms with Crippen LogP contribution in [0.25, 0.3) is 0 Å². The molecule has 1 aromatic heterocycles. The van der Waals surface area contributed by atoms with Crippen molar-refractivity contribution in [3.63, 3.8) is 0 Å². The van der Waals surface area contributed by atoms with Gasteiger partial charge in [-0.15, -0.1) is 11.3 Å². The van der Waals surface area contributed by atoms with Crippen molar-refractivity contribution in [3.05, 3.63) is 49.5 Å². The van der Waals surface area contributed by atoms with E-state index >= 15 is 0 Å². The van der Waals surface area contributed by atoms with Crippen LogP contribution in [-0.4, -0.2) is 11.7 Å². The lowest BCUT2D eigenvalue weighted by Crippen LogP contribution is -2.13. The van der Waals surface area contributed by atoms with E-state index in [0.29, 0.717) is 0 Å². The second-order valence-corrected chi connectivity index (χ2v) is 6.33. The van der Waals surface area contributed by atoms with E-state index in [1.807, 2.05) is 35.7 Å². The van der Waals surface area contributed by atoms with Gasteiger partial charge in [0.05, 0.1) is 12.6 Å². The van der Waals surface area contributed by atoms with Crippen molar-refractivity contribution in [1.29, 1.82) is 0 Å². The first kappa shape index (κ1) is 13.1. The van der Waals surface area contributed by atoms with E-state index < -0.39 is 0 Å². The molecule has 1 heterocycles. The van der Waals surface area contributed by atoms with Crippen LogP contribution >= 0.6 is 43.2 Å². The first-order valence-corrected chi connectivity index (χ1v) is 7.52. The Kier molecular flexibility index (Phi) is 4.62. The van der Waals surface area contributed by atoms with Gasteiger partial charge in [0.2, 0.25) is 0 Å². The number of anilines is 1. The van der Waals surface area contributed by atoms with E-state index in [-0.39, 0.29) is 12.6 Å². The van der Waals surface area contributed by atoms with Gasteiger partial charge in [-0.3, -0.25) is 0 Å². The fraction of sp³-hybridized carbons (Fsp3) is 0.167. The third-order valence-electron chi connectivity index (χ3n) is 2.30. The predicted octanol–water partition coefficient (Wildman–Crippen LogP) is 4.42. The molecule has 0 aliphatic rings. The van der Waals surface area contributed by atoms with Crippen molar-refractivity contribution < 1.29 is 5.11 Å². The SMILES string of the molecule is OCC(Nc1ccc(Br)cc1)c1cc(Br)cs1. The van der Waals surface area contributed by atoms with Crippen molar-refractivity contribution in [1.82, 2.24) is 0 Å². The Hall–Kier alpha value is -0.360. The van der Waals surface area contributed by atoms with Crippen LogP contribution in [-0.2, 0) is 0 Å². The summed E-state index contributed by atoms with van der Waals surface area (Å²) in [5, 5.41) is 14.7. The zero-order valence-electron chi connectivity index (χ0n) is 8.86. The number of benzene rings is 1. The highest BCUT2D eigenvalue weighted by atomic mass is 79.9. The summed E-state index contributed by atoms with van der Waals surface area (Å²) in [7, 11) is 0. The maximum Gasteiger partial charge on any atom is 0.0838 e. The van der Waals surface area contributed by atoms with Crippen molar-refractivity contribution in [2.45, 2.75) is 6.04 Å². The molecule has 0 spiro atoms. The molecule has 2 rings (SSSR count). The molecule has 1 atom stereocenters. The van der Waals surface area contributed by atoms with Crippen LogP contribution in [0, 0.1) is 0 Å². The third-order valence-corrected chi connectivity index (χ3v) is 4.63. The van der Waals surface area contributed by atoms with Crippen LogP contribution in [0.4, 0.5) is 5.69 Å². The molecule has 1 aromatic carbocycles. The number of halogens is 2. The summed E-state index contributed by atoms with van der Waals surface area (Å²) in [5.41, 5.74) is 0.997. The highest BCUT2D eigenvalue weighted by Gasteiger charge is 2.12. The molecule has 0 saturated heterocycles. The Balaban J connectivity index is 2.12. The normalized spacial score (nSPS) is 12.4. The second-order valence-electron chi connectivity index (χ2n) is 3.55. The summed E-state index contributed by atoms with van der Waals surface area (Å²) in [4.78, 5) is 1.11. The highest BCUT2D eigenvalue weighted by molar-refractivity contribution is 9.10. The minimum Gasteiger partial charge on any atom is -0.394 e. The summed E-state index contributed by atoms with van der Waals surface area (Å²) in [6.07, 6.45) is 0. The van der Waals surface area contributed by atoms with Crippen LogP contribution in [0.1, 0.15) is 10.9 Å². The number of rotatable bonds is 4. The summed E-state index contributed by atoms with van der Waals surface area (Å²) in [6, 6.07) is 9.87. The van der Waals surface area contributed by atoms with Gasteiger partial charge in [0.25, 0.3) is 0 Å². The Bertz CT molecular complexity index is 484. The molecular weight excluding hydrogens is 366 g/mol. The summed E-state index contributed by atoms with van der Waals surface area (Å²) in [5.74, 6) is 0. The van der Waals surface area contributed by atoms with Gasteiger partial charge in [0, 0.05) is 24.9 Å². The van der Waals surface area contributed by atoms with E-state index in [2.05, 4.69) is 37.2 Å². The molecular formula is C12H11Br2NOS. The molecule has 1 unspecified atom stereocenters. The monoisotopic (exact) mass is 375 g/mol. The lowest BCUT2D eigenvalue weighted by atomic mass is 10.2. The van der Waals surface area contributed by atoms with Crippen LogP contribution in [0.2, 0.25) is 0 Å². The fourth-order valence-electron chi connectivity index (χ4n) is 1.47. The summed E-state index contributed by atoms with van der Waals surface area (Å²) in [6.45, 7) is 0.0724. The summed E-state index contributed by atoms with van der Waals surface area (Å²) < 4.78 is 2.09. The first-order chi connectivity index (χ1) is 8.19.